The van der Waals surface area contributed by atoms with Crippen LogP contribution in [0.4, 0.5) is 17.5 Å². The van der Waals surface area contributed by atoms with Crippen molar-refractivity contribution in [3.05, 3.63) is 54.5 Å². The van der Waals surface area contributed by atoms with Gasteiger partial charge in [-0.1, -0.05) is 37.8 Å². The molecule has 2 aromatic rings. The van der Waals surface area contributed by atoms with Crippen LogP contribution in [0.1, 0.15) is 63.1 Å². The van der Waals surface area contributed by atoms with Gasteiger partial charge in [0, 0.05) is 36.4 Å². The van der Waals surface area contributed by atoms with Crippen LogP contribution in [0.5, 0.6) is 0 Å². The Kier molecular flexibility index (Phi) is 5.00. The van der Waals surface area contributed by atoms with Gasteiger partial charge in [0.05, 0.1) is 0 Å². The predicted molar refractivity (Wildman–Crippen MR) is 117 cm³/mol. The zero-order chi connectivity index (χ0) is 19.6. The van der Waals surface area contributed by atoms with Gasteiger partial charge in [0.1, 0.15) is 12.0 Å². The highest BCUT2D eigenvalue weighted by Gasteiger charge is 2.35. The van der Waals surface area contributed by atoms with Crippen molar-refractivity contribution in [3.63, 3.8) is 0 Å². The summed E-state index contributed by atoms with van der Waals surface area (Å²) in [7, 11) is 0. The lowest BCUT2D eigenvalue weighted by molar-refractivity contribution is 0.226. The van der Waals surface area contributed by atoms with E-state index < -0.39 is 0 Å². The van der Waals surface area contributed by atoms with Gasteiger partial charge in [-0.2, -0.15) is 4.98 Å². The highest BCUT2D eigenvalue weighted by Crippen LogP contribution is 2.40. The summed E-state index contributed by atoms with van der Waals surface area (Å²) in [5.74, 6) is 1.65. The van der Waals surface area contributed by atoms with Gasteiger partial charge >= 0.3 is 0 Å². The topological polar surface area (TPSA) is 70.3 Å². The zero-order valence-corrected chi connectivity index (χ0v) is 16.9. The van der Waals surface area contributed by atoms with Gasteiger partial charge < -0.3 is 20.9 Å². The molecule has 1 aromatic carbocycles. The molecule has 1 aliphatic heterocycles. The summed E-state index contributed by atoms with van der Waals surface area (Å²) >= 11 is 0. The molecule has 6 heteroatoms. The maximum atomic E-state index is 6.13. The SMILES string of the molecule is Nc1cccc(C2N(c3ccnc(NC4CCCC4)n3)C=CN2C2CCCC2)c1. The molecule has 3 N–H and O–H groups in total. The highest BCUT2D eigenvalue weighted by atomic mass is 15.4. The summed E-state index contributed by atoms with van der Waals surface area (Å²) < 4.78 is 0. The van der Waals surface area contributed by atoms with E-state index in [4.69, 9.17) is 10.7 Å². The van der Waals surface area contributed by atoms with Crippen LogP contribution in [0.25, 0.3) is 0 Å². The van der Waals surface area contributed by atoms with Gasteiger partial charge in [-0.15, -0.1) is 0 Å². The molecule has 1 aromatic heterocycles. The third-order valence-electron chi connectivity index (χ3n) is 6.49. The van der Waals surface area contributed by atoms with Crippen LogP contribution in [0, 0.1) is 0 Å². The normalized spacial score (nSPS) is 22.7. The fraction of sp³-hybridized carbons (Fsp3) is 0.478. The van der Waals surface area contributed by atoms with Crippen molar-refractivity contribution in [3.8, 4) is 0 Å². The Balaban J connectivity index is 1.45. The standard InChI is InChI=1S/C23H30N6/c24-18-7-5-6-17(16-18)22-28(20-10-3-4-11-20)14-15-29(22)21-12-13-25-23(27-21)26-19-8-1-2-9-19/h5-7,12-16,19-20,22H,1-4,8-11,24H2,(H,25,26,27). The van der Waals surface area contributed by atoms with Crippen molar-refractivity contribution >= 4 is 17.5 Å². The number of aromatic nitrogens is 2. The van der Waals surface area contributed by atoms with Crippen molar-refractivity contribution in [2.75, 3.05) is 16.0 Å². The molecular weight excluding hydrogens is 360 g/mol. The van der Waals surface area contributed by atoms with Crippen molar-refractivity contribution in [2.24, 2.45) is 0 Å². The second-order valence-electron chi connectivity index (χ2n) is 8.50. The van der Waals surface area contributed by atoms with Gasteiger partial charge in [0.25, 0.3) is 0 Å². The van der Waals surface area contributed by atoms with Gasteiger partial charge in [0.15, 0.2) is 0 Å². The lowest BCUT2D eigenvalue weighted by Crippen LogP contribution is -2.36. The molecule has 152 valence electrons. The van der Waals surface area contributed by atoms with E-state index in [2.05, 4.69) is 44.6 Å². The van der Waals surface area contributed by atoms with Crippen molar-refractivity contribution in [2.45, 2.75) is 69.6 Å². The minimum Gasteiger partial charge on any atom is -0.399 e. The first-order valence-electron chi connectivity index (χ1n) is 11.0. The number of rotatable bonds is 5. The molecule has 2 fully saturated rings. The van der Waals surface area contributed by atoms with Crippen molar-refractivity contribution in [1.82, 2.24) is 14.9 Å². The molecule has 2 aliphatic carbocycles. The van der Waals surface area contributed by atoms with E-state index >= 15 is 0 Å². The molecule has 0 saturated heterocycles. The quantitative estimate of drug-likeness (QED) is 0.724. The summed E-state index contributed by atoms with van der Waals surface area (Å²) in [4.78, 5) is 14.1. The Labute approximate surface area is 172 Å². The fourth-order valence-corrected chi connectivity index (χ4v) is 5.05. The Bertz CT molecular complexity index is 869. The van der Waals surface area contributed by atoms with Crippen LogP contribution < -0.4 is 16.0 Å². The molecule has 1 unspecified atom stereocenters. The number of nitrogens with zero attached hydrogens (tertiary/aromatic N) is 4. The molecule has 0 bridgehead atoms. The van der Waals surface area contributed by atoms with Gasteiger partial charge in [-0.05, 0) is 49.4 Å². The molecule has 0 radical (unpaired) electrons. The van der Waals surface area contributed by atoms with Crippen molar-refractivity contribution < 1.29 is 0 Å². The van der Waals surface area contributed by atoms with Gasteiger partial charge in [0.2, 0.25) is 5.95 Å². The van der Waals surface area contributed by atoms with Crippen LogP contribution in [0.3, 0.4) is 0 Å². The van der Waals surface area contributed by atoms with Crippen LogP contribution in [0.15, 0.2) is 48.9 Å². The number of benzene rings is 1. The average Bonchev–Trinajstić information content (AvgIpc) is 3.49. The number of nitrogens with two attached hydrogens (primary N) is 1. The van der Waals surface area contributed by atoms with Crippen LogP contribution in [-0.2, 0) is 0 Å². The Morgan fingerprint density at radius 2 is 1.76 bits per heavy atom. The van der Waals surface area contributed by atoms with E-state index in [1.54, 1.807) is 0 Å². The molecule has 6 nitrogen and oxygen atoms in total. The number of hydrogen-bond donors (Lipinski definition) is 2. The van der Waals surface area contributed by atoms with E-state index in [0.717, 1.165) is 17.5 Å². The molecule has 1 atom stereocenters. The second-order valence-corrected chi connectivity index (χ2v) is 8.50. The largest absolute Gasteiger partial charge is 0.399 e. The lowest BCUT2D eigenvalue weighted by atomic mass is 10.1. The van der Waals surface area contributed by atoms with Crippen LogP contribution in [-0.4, -0.2) is 27.0 Å². The molecule has 29 heavy (non-hydrogen) atoms. The Hall–Kier alpha value is -2.76. The third kappa shape index (κ3) is 3.76. The molecular formula is C23H30N6. The van der Waals surface area contributed by atoms with E-state index in [0.29, 0.717) is 12.1 Å². The zero-order valence-electron chi connectivity index (χ0n) is 16.9. The summed E-state index contributed by atoms with van der Waals surface area (Å²) in [6, 6.07) is 11.3. The maximum Gasteiger partial charge on any atom is 0.224 e. The smallest absolute Gasteiger partial charge is 0.224 e. The van der Waals surface area contributed by atoms with Crippen LogP contribution >= 0.6 is 0 Å². The average molecular weight is 391 g/mol. The van der Waals surface area contributed by atoms with Crippen molar-refractivity contribution in [1.29, 1.82) is 0 Å². The lowest BCUT2D eigenvalue weighted by Gasteiger charge is -2.36. The first kappa shape index (κ1) is 18.3. The van der Waals surface area contributed by atoms with Crippen LogP contribution in [0.2, 0.25) is 0 Å². The van der Waals surface area contributed by atoms with Gasteiger partial charge in [-0.3, -0.25) is 0 Å². The minimum absolute atomic E-state index is 0.0795. The first-order valence-corrected chi connectivity index (χ1v) is 11.0. The first-order chi connectivity index (χ1) is 14.3. The maximum absolute atomic E-state index is 6.13. The second kappa shape index (κ2) is 7.93. The predicted octanol–water partition coefficient (Wildman–Crippen LogP) is 4.65. The number of nitrogen functional groups attached to an aromatic ring is 1. The summed E-state index contributed by atoms with van der Waals surface area (Å²) in [5.41, 5.74) is 8.13. The fourth-order valence-electron chi connectivity index (χ4n) is 5.05. The number of anilines is 3. The van der Waals surface area contributed by atoms with Gasteiger partial charge in [-0.25, -0.2) is 4.98 Å². The number of hydrogen-bond acceptors (Lipinski definition) is 6. The highest BCUT2D eigenvalue weighted by molar-refractivity contribution is 5.52. The molecule has 0 spiro atoms. The summed E-state index contributed by atoms with van der Waals surface area (Å²) in [6.45, 7) is 0. The summed E-state index contributed by atoms with van der Waals surface area (Å²) in [5, 5.41) is 3.53. The number of nitrogens with one attached hydrogen (secondary N) is 1. The van der Waals surface area contributed by atoms with E-state index in [1.165, 1.54) is 56.9 Å². The third-order valence-corrected chi connectivity index (χ3v) is 6.49. The van der Waals surface area contributed by atoms with E-state index in [1.807, 2.05) is 24.4 Å². The van der Waals surface area contributed by atoms with E-state index in [9.17, 15) is 0 Å². The molecule has 3 aliphatic rings. The monoisotopic (exact) mass is 390 g/mol. The minimum atomic E-state index is 0.0795. The molecule has 5 rings (SSSR count). The van der Waals surface area contributed by atoms with E-state index in [-0.39, 0.29) is 6.17 Å². The Morgan fingerprint density at radius 3 is 2.55 bits per heavy atom. The molecule has 0 amide bonds. The molecule has 2 heterocycles. The molecule has 2 saturated carbocycles. The Morgan fingerprint density at radius 1 is 0.966 bits per heavy atom. The summed E-state index contributed by atoms with van der Waals surface area (Å²) in [6.07, 6.45) is 16.4.